The van der Waals surface area contributed by atoms with Gasteiger partial charge in [0.25, 0.3) is 0 Å². The van der Waals surface area contributed by atoms with Crippen molar-refractivity contribution >= 4 is 27.2 Å². The number of quaternary nitrogens is 1. The molecule has 0 radical (unpaired) electrons. The highest BCUT2D eigenvalue weighted by atomic mass is 32.1. The molecular weight excluding hydrogens is 182 g/mol. The van der Waals surface area contributed by atoms with Crippen LogP contribution in [0, 0.1) is 0 Å². The highest BCUT2D eigenvalue weighted by Crippen LogP contribution is 2.27. The van der Waals surface area contributed by atoms with Gasteiger partial charge in [0, 0.05) is 6.20 Å². The normalized spacial score (nSPS) is 12.2. The molecule has 13 heavy (non-hydrogen) atoms. The Balaban J connectivity index is 2.75. The molecule has 0 aliphatic heterocycles. The molecule has 0 aliphatic rings. The van der Waals surface area contributed by atoms with E-state index in [-0.39, 0.29) is 0 Å². The summed E-state index contributed by atoms with van der Waals surface area (Å²) < 4.78 is 1.92. The summed E-state index contributed by atoms with van der Waals surface area (Å²) >= 11 is 1.63. The van der Waals surface area contributed by atoms with Gasteiger partial charge in [-0.3, -0.25) is 9.47 Å². The largest absolute Gasteiger partial charge is 0.295 e. The first-order valence-corrected chi connectivity index (χ1v) is 4.96. The summed E-state index contributed by atoms with van der Waals surface area (Å²) in [7, 11) is 6.36. The van der Waals surface area contributed by atoms with Crippen LogP contribution in [0.25, 0.3) is 10.2 Å². The second kappa shape index (κ2) is 2.75. The van der Waals surface area contributed by atoms with Crippen LogP contribution in [-0.4, -0.2) is 31.1 Å². The van der Waals surface area contributed by atoms with Crippen LogP contribution in [0.1, 0.15) is 0 Å². The number of rotatable bonds is 1. The minimum absolute atomic E-state index is 0.758. The maximum Gasteiger partial charge on any atom is 0.178 e. The van der Waals surface area contributed by atoms with Crippen molar-refractivity contribution in [2.45, 2.75) is 0 Å². The van der Waals surface area contributed by atoms with Gasteiger partial charge < -0.3 is 0 Å². The van der Waals surface area contributed by atoms with Gasteiger partial charge >= 0.3 is 0 Å². The van der Waals surface area contributed by atoms with Gasteiger partial charge in [-0.1, -0.05) is 0 Å². The fourth-order valence-corrected chi connectivity index (χ4v) is 1.93. The standard InChI is InChI=1S/C9H12N3S/c1-12(2,3)7-4-10-5-8-9(7)11-6-13-8/h4-6H,1-3H3/q+1. The quantitative estimate of drug-likeness (QED) is 0.648. The van der Waals surface area contributed by atoms with Crippen LogP contribution in [0.5, 0.6) is 0 Å². The Kier molecular flexibility index (Phi) is 1.82. The molecule has 0 amide bonds. The first-order valence-electron chi connectivity index (χ1n) is 4.08. The van der Waals surface area contributed by atoms with Crippen LogP contribution in [0.4, 0.5) is 5.69 Å². The van der Waals surface area contributed by atoms with Crippen molar-refractivity contribution in [1.29, 1.82) is 0 Å². The molecule has 4 heteroatoms. The number of thiazole rings is 1. The molecule has 0 spiro atoms. The Morgan fingerprint density at radius 3 is 2.69 bits per heavy atom. The van der Waals surface area contributed by atoms with E-state index in [1.165, 1.54) is 5.69 Å². The highest BCUT2D eigenvalue weighted by Gasteiger charge is 2.17. The molecule has 0 saturated carbocycles. The summed E-state index contributed by atoms with van der Waals surface area (Å²) in [4.78, 5) is 8.55. The van der Waals surface area contributed by atoms with E-state index in [0.29, 0.717) is 0 Å². The van der Waals surface area contributed by atoms with Crippen molar-refractivity contribution in [3.63, 3.8) is 0 Å². The maximum absolute atomic E-state index is 4.35. The molecule has 0 unspecified atom stereocenters. The van der Waals surface area contributed by atoms with Crippen molar-refractivity contribution in [1.82, 2.24) is 14.5 Å². The SMILES string of the molecule is C[N+](C)(C)c1cncc2scnc12. The lowest BCUT2D eigenvalue weighted by Gasteiger charge is -2.22. The Bertz CT molecular complexity index is 428. The molecule has 0 aromatic carbocycles. The van der Waals surface area contributed by atoms with Crippen LogP contribution < -0.4 is 4.48 Å². The predicted octanol–water partition coefficient (Wildman–Crippen LogP) is 1.89. The topological polar surface area (TPSA) is 25.8 Å². The molecule has 0 atom stereocenters. The van der Waals surface area contributed by atoms with E-state index < -0.39 is 0 Å². The second-order valence-electron chi connectivity index (χ2n) is 3.87. The lowest BCUT2D eigenvalue weighted by atomic mass is 10.3. The highest BCUT2D eigenvalue weighted by molar-refractivity contribution is 7.16. The van der Waals surface area contributed by atoms with Crippen molar-refractivity contribution in [2.75, 3.05) is 21.1 Å². The van der Waals surface area contributed by atoms with Crippen LogP contribution in [-0.2, 0) is 0 Å². The Morgan fingerprint density at radius 1 is 1.23 bits per heavy atom. The Labute approximate surface area is 81.3 Å². The van der Waals surface area contributed by atoms with Gasteiger partial charge in [-0.15, -0.1) is 11.3 Å². The van der Waals surface area contributed by atoms with Gasteiger partial charge in [0.2, 0.25) is 0 Å². The summed E-state index contributed by atoms with van der Waals surface area (Å²) in [6.45, 7) is 0. The molecule has 2 rings (SSSR count). The number of pyridine rings is 1. The zero-order valence-corrected chi connectivity index (χ0v) is 8.80. The monoisotopic (exact) mass is 194 g/mol. The molecule has 0 N–H and O–H groups in total. The van der Waals surface area contributed by atoms with Gasteiger partial charge in [-0.2, -0.15) is 0 Å². The van der Waals surface area contributed by atoms with E-state index >= 15 is 0 Å². The van der Waals surface area contributed by atoms with Gasteiger partial charge in [-0.25, -0.2) is 4.98 Å². The molecule has 0 saturated heterocycles. The van der Waals surface area contributed by atoms with Crippen LogP contribution >= 0.6 is 11.3 Å². The molecule has 2 heterocycles. The molecule has 2 aromatic heterocycles. The van der Waals surface area contributed by atoms with Gasteiger partial charge in [-0.05, 0) is 0 Å². The van der Waals surface area contributed by atoms with Crippen molar-refractivity contribution in [3.05, 3.63) is 17.9 Å². The van der Waals surface area contributed by atoms with E-state index in [4.69, 9.17) is 0 Å². The Hall–Kier alpha value is -1.00. The Morgan fingerprint density at radius 2 is 2.00 bits per heavy atom. The molecule has 2 aromatic rings. The zero-order valence-electron chi connectivity index (χ0n) is 7.98. The summed E-state index contributed by atoms with van der Waals surface area (Å²) in [5, 5.41) is 0. The van der Waals surface area contributed by atoms with Crippen LogP contribution in [0.3, 0.4) is 0 Å². The lowest BCUT2D eigenvalue weighted by molar-refractivity contribution is 0.488. The maximum atomic E-state index is 4.35. The zero-order chi connectivity index (χ0) is 9.47. The fourth-order valence-electron chi connectivity index (χ4n) is 1.27. The van der Waals surface area contributed by atoms with Gasteiger partial charge in [0.1, 0.15) is 5.52 Å². The fraction of sp³-hybridized carbons (Fsp3) is 0.333. The number of nitrogens with zero attached hydrogens (tertiary/aromatic N) is 3. The third-order valence-corrected chi connectivity index (χ3v) is 2.71. The third kappa shape index (κ3) is 1.43. The van der Waals surface area contributed by atoms with Crippen LogP contribution in [0.15, 0.2) is 17.9 Å². The summed E-state index contributed by atoms with van der Waals surface area (Å²) in [5.41, 5.74) is 4.11. The van der Waals surface area contributed by atoms with Crippen molar-refractivity contribution < 1.29 is 0 Å². The first-order chi connectivity index (χ1) is 6.09. The van der Waals surface area contributed by atoms with E-state index in [1.807, 2.05) is 17.9 Å². The van der Waals surface area contributed by atoms with Gasteiger partial charge in [0.05, 0.1) is 37.6 Å². The minimum Gasteiger partial charge on any atom is -0.295 e. The first kappa shape index (κ1) is 8.59. The summed E-state index contributed by atoms with van der Waals surface area (Å²) in [6.07, 6.45) is 3.76. The number of aromatic nitrogens is 2. The van der Waals surface area contributed by atoms with E-state index in [9.17, 15) is 0 Å². The average Bonchev–Trinajstić information content (AvgIpc) is 2.48. The summed E-state index contributed by atoms with van der Waals surface area (Å²) in [6, 6.07) is 0. The average molecular weight is 194 g/mol. The van der Waals surface area contributed by atoms with Crippen molar-refractivity contribution in [2.24, 2.45) is 0 Å². The molecule has 0 bridgehead atoms. The second-order valence-corrected chi connectivity index (χ2v) is 4.76. The third-order valence-electron chi connectivity index (χ3n) is 1.95. The lowest BCUT2D eigenvalue weighted by Crippen LogP contribution is -2.35. The molecule has 3 nitrogen and oxygen atoms in total. The van der Waals surface area contributed by atoms with E-state index in [1.54, 1.807) is 11.3 Å². The molecule has 68 valence electrons. The van der Waals surface area contributed by atoms with E-state index in [0.717, 1.165) is 14.7 Å². The minimum atomic E-state index is 0.758. The predicted molar refractivity (Wildman–Crippen MR) is 57.0 cm³/mol. The van der Waals surface area contributed by atoms with E-state index in [2.05, 4.69) is 31.1 Å². The number of hydrogen-bond donors (Lipinski definition) is 0. The van der Waals surface area contributed by atoms with Crippen LogP contribution in [0.2, 0.25) is 0 Å². The van der Waals surface area contributed by atoms with Crippen molar-refractivity contribution in [3.8, 4) is 0 Å². The number of hydrogen-bond acceptors (Lipinski definition) is 3. The summed E-state index contributed by atoms with van der Waals surface area (Å²) in [5.74, 6) is 0. The molecule has 0 aliphatic carbocycles. The van der Waals surface area contributed by atoms with Gasteiger partial charge in [0.15, 0.2) is 5.69 Å². The molecule has 0 fully saturated rings. The smallest absolute Gasteiger partial charge is 0.178 e. The number of fused-ring (bicyclic) bond motifs is 1. The molecular formula is C9H12N3S+.